The number of hydrogen-bond acceptors (Lipinski definition) is 3. The maximum atomic E-state index is 10.9. The lowest BCUT2D eigenvalue weighted by Gasteiger charge is -2.00. The summed E-state index contributed by atoms with van der Waals surface area (Å²) in [6.45, 7) is 1.50. The highest BCUT2D eigenvalue weighted by Gasteiger charge is 2.14. The Labute approximate surface area is 70.7 Å². The molecule has 1 aliphatic rings. The van der Waals surface area contributed by atoms with Gasteiger partial charge in [-0.15, -0.1) is 11.8 Å². The number of aliphatic hydroxyl groups excluding tert-OH is 1. The zero-order valence-corrected chi connectivity index (χ0v) is 7.41. The average molecular weight is 172 g/mol. The molecule has 0 bridgehead atoms. The van der Waals surface area contributed by atoms with Crippen molar-refractivity contribution in [3.05, 3.63) is 10.7 Å². The first kappa shape index (κ1) is 8.65. The number of aliphatic hydroxyl groups is 1. The van der Waals surface area contributed by atoms with E-state index in [4.69, 9.17) is 0 Å². The van der Waals surface area contributed by atoms with Gasteiger partial charge in [0, 0.05) is 6.42 Å². The van der Waals surface area contributed by atoms with Crippen molar-refractivity contribution < 1.29 is 9.90 Å². The molecular weight excluding hydrogens is 160 g/mol. The Balaban J connectivity index is 2.76. The Morgan fingerprint density at radius 1 is 1.55 bits per heavy atom. The molecule has 1 aliphatic heterocycles. The van der Waals surface area contributed by atoms with Crippen LogP contribution in [0.3, 0.4) is 0 Å². The molecule has 11 heavy (non-hydrogen) atoms. The third-order valence-electron chi connectivity index (χ3n) is 1.64. The highest BCUT2D eigenvalue weighted by Crippen LogP contribution is 2.27. The first-order valence-corrected chi connectivity index (χ1v) is 4.76. The molecule has 1 heterocycles. The van der Waals surface area contributed by atoms with E-state index in [0.29, 0.717) is 17.1 Å². The fraction of sp³-hybridized carbons (Fsp3) is 0.625. The number of allylic oxidation sites excluding steroid dienone is 2. The summed E-state index contributed by atoms with van der Waals surface area (Å²) in [5.41, 5.74) is 0. The SMILES string of the molecule is CC(=O)C1=C(O)CCCCS1. The molecule has 2 nitrogen and oxygen atoms in total. The van der Waals surface area contributed by atoms with Crippen molar-refractivity contribution in [1.82, 2.24) is 0 Å². The van der Waals surface area contributed by atoms with Crippen LogP contribution in [-0.2, 0) is 4.79 Å². The van der Waals surface area contributed by atoms with Crippen LogP contribution in [0, 0.1) is 0 Å². The minimum Gasteiger partial charge on any atom is -0.511 e. The smallest absolute Gasteiger partial charge is 0.169 e. The standard InChI is InChI=1S/C8H12O2S/c1-6(9)8-7(10)4-2-3-5-11-8/h10H,2-5H2,1H3. The van der Waals surface area contributed by atoms with Gasteiger partial charge in [0.2, 0.25) is 0 Å². The quantitative estimate of drug-likeness (QED) is 0.659. The fourth-order valence-corrected chi connectivity index (χ4v) is 2.09. The molecule has 0 saturated carbocycles. The summed E-state index contributed by atoms with van der Waals surface area (Å²) in [6, 6.07) is 0. The van der Waals surface area contributed by atoms with Gasteiger partial charge in [0.1, 0.15) is 5.76 Å². The molecule has 62 valence electrons. The van der Waals surface area contributed by atoms with Crippen molar-refractivity contribution >= 4 is 17.5 Å². The van der Waals surface area contributed by atoms with Crippen molar-refractivity contribution in [2.24, 2.45) is 0 Å². The first-order valence-electron chi connectivity index (χ1n) is 3.77. The molecule has 0 unspecified atom stereocenters. The fourth-order valence-electron chi connectivity index (χ4n) is 1.07. The monoisotopic (exact) mass is 172 g/mol. The second kappa shape index (κ2) is 3.81. The molecular formula is C8H12O2S. The van der Waals surface area contributed by atoms with Gasteiger partial charge in [-0.25, -0.2) is 0 Å². The van der Waals surface area contributed by atoms with Crippen LogP contribution in [0.15, 0.2) is 10.7 Å². The molecule has 1 N–H and O–H groups in total. The maximum absolute atomic E-state index is 10.9. The molecule has 0 radical (unpaired) electrons. The molecule has 1 rings (SSSR count). The average Bonchev–Trinajstić information content (AvgIpc) is 2.13. The third kappa shape index (κ3) is 2.26. The lowest BCUT2D eigenvalue weighted by molar-refractivity contribution is -0.113. The maximum Gasteiger partial charge on any atom is 0.169 e. The highest BCUT2D eigenvalue weighted by molar-refractivity contribution is 8.04. The topological polar surface area (TPSA) is 37.3 Å². The second-order valence-corrected chi connectivity index (χ2v) is 3.74. The zero-order chi connectivity index (χ0) is 8.27. The number of carbonyl (C=O) groups excluding carboxylic acids is 1. The summed E-state index contributed by atoms with van der Waals surface area (Å²) in [5.74, 6) is 1.24. The van der Waals surface area contributed by atoms with E-state index in [1.807, 2.05) is 0 Å². The van der Waals surface area contributed by atoms with Crippen LogP contribution in [-0.4, -0.2) is 16.6 Å². The number of rotatable bonds is 1. The van der Waals surface area contributed by atoms with E-state index in [2.05, 4.69) is 0 Å². The summed E-state index contributed by atoms with van der Waals surface area (Å²) >= 11 is 1.48. The van der Waals surface area contributed by atoms with Gasteiger partial charge in [0.05, 0.1) is 4.91 Å². The Kier molecular flexibility index (Phi) is 3.00. The van der Waals surface area contributed by atoms with Gasteiger partial charge in [0.25, 0.3) is 0 Å². The molecule has 0 spiro atoms. The molecule has 0 fully saturated rings. The van der Waals surface area contributed by atoms with E-state index >= 15 is 0 Å². The Morgan fingerprint density at radius 2 is 2.27 bits per heavy atom. The zero-order valence-electron chi connectivity index (χ0n) is 6.59. The molecule has 0 aromatic rings. The Bertz CT molecular complexity index is 196. The summed E-state index contributed by atoms with van der Waals surface area (Å²) in [6.07, 6.45) is 2.75. The van der Waals surface area contributed by atoms with Crippen LogP contribution in [0.5, 0.6) is 0 Å². The van der Waals surface area contributed by atoms with Crippen molar-refractivity contribution in [3.8, 4) is 0 Å². The highest BCUT2D eigenvalue weighted by atomic mass is 32.2. The molecule has 0 amide bonds. The van der Waals surface area contributed by atoms with Crippen LogP contribution in [0.25, 0.3) is 0 Å². The summed E-state index contributed by atoms with van der Waals surface area (Å²) in [4.78, 5) is 11.5. The third-order valence-corrected chi connectivity index (χ3v) is 2.94. The molecule has 0 aromatic carbocycles. The van der Waals surface area contributed by atoms with E-state index < -0.39 is 0 Å². The molecule has 0 aromatic heterocycles. The number of carbonyl (C=O) groups is 1. The summed E-state index contributed by atoms with van der Waals surface area (Å²) < 4.78 is 0. The van der Waals surface area contributed by atoms with E-state index in [0.717, 1.165) is 18.6 Å². The Morgan fingerprint density at radius 3 is 2.91 bits per heavy atom. The van der Waals surface area contributed by atoms with Gasteiger partial charge in [-0.05, 0) is 25.5 Å². The van der Waals surface area contributed by atoms with Crippen molar-refractivity contribution in [2.75, 3.05) is 5.75 Å². The van der Waals surface area contributed by atoms with Crippen molar-refractivity contribution in [1.29, 1.82) is 0 Å². The van der Waals surface area contributed by atoms with E-state index in [9.17, 15) is 9.90 Å². The predicted octanol–water partition coefficient (Wildman–Crippen LogP) is 2.26. The van der Waals surface area contributed by atoms with Gasteiger partial charge in [-0.1, -0.05) is 0 Å². The number of hydrogen-bond donors (Lipinski definition) is 1. The molecule has 0 saturated heterocycles. The minimum absolute atomic E-state index is 0.00519. The Hall–Kier alpha value is -0.440. The van der Waals surface area contributed by atoms with Gasteiger partial charge in [-0.3, -0.25) is 4.79 Å². The van der Waals surface area contributed by atoms with Crippen LogP contribution in [0.2, 0.25) is 0 Å². The number of Topliss-reactive ketones (excluding diaryl/α,β-unsaturated/α-hetero) is 1. The summed E-state index contributed by atoms with van der Waals surface area (Å²) in [7, 11) is 0. The number of ketones is 1. The van der Waals surface area contributed by atoms with Gasteiger partial charge >= 0.3 is 0 Å². The van der Waals surface area contributed by atoms with Crippen molar-refractivity contribution in [3.63, 3.8) is 0 Å². The van der Waals surface area contributed by atoms with Gasteiger partial charge in [0.15, 0.2) is 5.78 Å². The largest absolute Gasteiger partial charge is 0.511 e. The summed E-state index contributed by atoms with van der Waals surface area (Å²) in [5, 5.41) is 9.36. The molecule has 0 atom stereocenters. The second-order valence-electron chi connectivity index (χ2n) is 2.64. The lowest BCUT2D eigenvalue weighted by atomic mass is 10.2. The van der Waals surface area contributed by atoms with Crippen LogP contribution < -0.4 is 0 Å². The van der Waals surface area contributed by atoms with Crippen LogP contribution >= 0.6 is 11.8 Å². The molecule has 3 heteroatoms. The van der Waals surface area contributed by atoms with E-state index in [-0.39, 0.29) is 5.78 Å². The van der Waals surface area contributed by atoms with E-state index in [1.54, 1.807) is 0 Å². The molecule has 0 aliphatic carbocycles. The van der Waals surface area contributed by atoms with E-state index in [1.165, 1.54) is 18.7 Å². The lowest BCUT2D eigenvalue weighted by Crippen LogP contribution is -1.96. The minimum atomic E-state index is -0.00519. The van der Waals surface area contributed by atoms with Crippen molar-refractivity contribution in [2.45, 2.75) is 26.2 Å². The van der Waals surface area contributed by atoms with Gasteiger partial charge in [-0.2, -0.15) is 0 Å². The first-order chi connectivity index (χ1) is 5.22. The predicted molar refractivity (Wildman–Crippen MR) is 46.6 cm³/mol. The van der Waals surface area contributed by atoms with Gasteiger partial charge < -0.3 is 5.11 Å². The number of thioether (sulfide) groups is 1. The van der Waals surface area contributed by atoms with Crippen LogP contribution in [0.4, 0.5) is 0 Å². The normalized spacial score (nSPS) is 19.7. The van der Waals surface area contributed by atoms with Crippen LogP contribution in [0.1, 0.15) is 26.2 Å².